The summed E-state index contributed by atoms with van der Waals surface area (Å²) in [6, 6.07) is 4.27. The first-order valence-corrected chi connectivity index (χ1v) is 9.46. The Balaban J connectivity index is 1.81. The highest BCUT2D eigenvalue weighted by atomic mass is 32.2. The van der Waals surface area contributed by atoms with Crippen LogP contribution < -0.4 is 15.5 Å². The van der Waals surface area contributed by atoms with Gasteiger partial charge < -0.3 is 15.5 Å². The average molecular weight is 336 g/mol. The lowest BCUT2D eigenvalue weighted by atomic mass is 10.2. The fraction of sp³-hybridized carbons (Fsp3) is 0.647. The van der Waals surface area contributed by atoms with Crippen LogP contribution in [-0.4, -0.2) is 48.6 Å². The molecule has 0 spiro atoms. The summed E-state index contributed by atoms with van der Waals surface area (Å²) in [5.41, 5.74) is 1.17. The van der Waals surface area contributed by atoms with Gasteiger partial charge in [0.2, 0.25) is 0 Å². The van der Waals surface area contributed by atoms with Crippen LogP contribution in [0, 0.1) is 0 Å². The predicted octanol–water partition coefficient (Wildman–Crippen LogP) is 2.49. The standard InChI is InChI=1S/C17H29N5S/c1-17(2,23-4)13-21-16(18-3)20-12-14-7-8-15(19-11-14)22-9-5-6-10-22/h7-8,11H,5-6,9-10,12-13H2,1-4H3,(H2,18,20,21). The van der Waals surface area contributed by atoms with Gasteiger partial charge >= 0.3 is 0 Å². The highest BCUT2D eigenvalue weighted by molar-refractivity contribution is 7.99. The first-order valence-electron chi connectivity index (χ1n) is 8.23. The molecule has 128 valence electrons. The Bertz CT molecular complexity index is 506. The topological polar surface area (TPSA) is 52.6 Å². The van der Waals surface area contributed by atoms with Gasteiger partial charge in [0.1, 0.15) is 5.82 Å². The second kappa shape index (κ2) is 8.43. The fourth-order valence-electron chi connectivity index (χ4n) is 2.43. The number of thioether (sulfide) groups is 1. The maximum Gasteiger partial charge on any atom is 0.191 e. The molecule has 2 N–H and O–H groups in total. The van der Waals surface area contributed by atoms with Crippen LogP contribution in [0.4, 0.5) is 5.82 Å². The van der Waals surface area contributed by atoms with Crippen molar-refractivity contribution in [2.75, 3.05) is 37.8 Å². The van der Waals surface area contributed by atoms with E-state index in [0.29, 0.717) is 0 Å². The summed E-state index contributed by atoms with van der Waals surface area (Å²) >= 11 is 1.85. The maximum absolute atomic E-state index is 4.59. The van der Waals surface area contributed by atoms with Gasteiger partial charge in [-0.15, -0.1) is 0 Å². The normalized spacial score (nSPS) is 15.8. The van der Waals surface area contributed by atoms with E-state index in [1.165, 1.54) is 18.4 Å². The Hall–Kier alpha value is -1.43. The van der Waals surface area contributed by atoms with Gasteiger partial charge in [0, 0.05) is 44.2 Å². The molecule has 1 saturated heterocycles. The number of nitrogens with zero attached hydrogens (tertiary/aromatic N) is 3. The SMILES string of the molecule is CN=C(NCc1ccc(N2CCCC2)nc1)NCC(C)(C)SC. The molecule has 1 aromatic rings. The van der Waals surface area contributed by atoms with Crippen molar-refractivity contribution in [3.05, 3.63) is 23.9 Å². The van der Waals surface area contributed by atoms with Crippen LogP contribution in [0.1, 0.15) is 32.3 Å². The number of hydrogen-bond acceptors (Lipinski definition) is 4. The van der Waals surface area contributed by atoms with Crippen molar-refractivity contribution in [3.8, 4) is 0 Å². The van der Waals surface area contributed by atoms with Gasteiger partial charge in [-0.25, -0.2) is 4.98 Å². The summed E-state index contributed by atoms with van der Waals surface area (Å²) < 4.78 is 0.191. The summed E-state index contributed by atoms with van der Waals surface area (Å²) in [7, 11) is 1.80. The zero-order chi connectivity index (χ0) is 16.7. The maximum atomic E-state index is 4.59. The molecule has 0 aliphatic carbocycles. The quantitative estimate of drug-likeness (QED) is 0.618. The molecule has 0 radical (unpaired) electrons. The molecule has 0 atom stereocenters. The Labute approximate surface area is 144 Å². The average Bonchev–Trinajstić information content (AvgIpc) is 3.10. The molecule has 6 heteroatoms. The van der Waals surface area contributed by atoms with Gasteiger partial charge in [0.05, 0.1) is 0 Å². The van der Waals surface area contributed by atoms with Crippen LogP contribution in [0.25, 0.3) is 0 Å². The lowest BCUT2D eigenvalue weighted by Crippen LogP contribution is -2.43. The molecule has 2 rings (SSSR count). The van der Waals surface area contributed by atoms with Gasteiger partial charge in [-0.3, -0.25) is 4.99 Å². The van der Waals surface area contributed by atoms with Crippen LogP contribution in [0.5, 0.6) is 0 Å². The second-order valence-corrected chi connectivity index (χ2v) is 7.98. The molecule has 1 fully saturated rings. The number of aromatic nitrogens is 1. The van der Waals surface area contributed by atoms with Crippen molar-refractivity contribution in [3.63, 3.8) is 0 Å². The number of aliphatic imine (C=N–C) groups is 1. The van der Waals surface area contributed by atoms with Crippen LogP contribution >= 0.6 is 11.8 Å². The number of guanidine groups is 1. The number of hydrogen-bond donors (Lipinski definition) is 2. The zero-order valence-corrected chi connectivity index (χ0v) is 15.5. The van der Waals surface area contributed by atoms with E-state index in [0.717, 1.165) is 38.0 Å². The van der Waals surface area contributed by atoms with E-state index in [1.54, 1.807) is 7.05 Å². The monoisotopic (exact) mass is 335 g/mol. The molecular formula is C17H29N5S. The van der Waals surface area contributed by atoms with E-state index in [4.69, 9.17) is 0 Å². The van der Waals surface area contributed by atoms with Crippen molar-refractivity contribution >= 4 is 23.5 Å². The Morgan fingerprint density at radius 2 is 2.04 bits per heavy atom. The third-order valence-electron chi connectivity index (χ3n) is 4.16. The van der Waals surface area contributed by atoms with E-state index in [9.17, 15) is 0 Å². The third kappa shape index (κ3) is 5.61. The van der Waals surface area contributed by atoms with Crippen LogP contribution in [0.15, 0.2) is 23.3 Å². The minimum absolute atomic E-state index is 0.191. The number of rotatable bonds is 6. The van der Waals surface area contributed by atoms with Crippen molar-refractivity contribution in [2.24, 2.45) is 4.99 Å². The molecule has 0 bridgehead atoms. The number of nitrogens with one attached hydrogen (secondary N) is 2. The summed E-state index contributed by atoms with van der Waals surface area (Å²) in [6.07, 6.45) is 6.64. The summed E-state index contributed by atoms with van der Waals surface area (Å²) in [4.78, 5) is 11.2. The Kier molecular flexibility index (Phi) is 6.57. The van der Waals surface area contributed by atoms with Crippen molar-refractivity contribution in [1.82, 2.24) is 15.6 Å². The molecule has 1 aliphatic heterocycles. The van der Waals surface area contributed by atoms with Gasteiger partial charge in [0.15, 0.2) is 5.96 Å². The summed E-state index contributed by atoms with van der Waals surface area (Å²) in [6.45, 7) is 8.31. The van der Waals surface area contributed by atoms with E-state index < -0.39 is 0 Å². The van der Waals surface area contributed by atoms with Crippen LogP contribution in [-0.2, 0) is 6.54 Å². The molecule has 0 saturated carbocycles. The number of anilines is 1. The summed E-state index contributed by atoms with van der Waals surface area (Å²) in [5.74, 6) is 1.92. The fourth-order valence-corrected chi connectivity index (χ4v) is 2.65. The largest absolute Gasteiger partial charge is 0.357 e. The molecule has 0 amide bonds. The van der Waals surface area contributed by atoms with Crippen LogP contribution in [0.2, 0.25) is 0 Å². The van der Waals surface area contributed by atoms with Crippen LogP contribution in [0.3, 0.4) is 0 Å². The highest BCUT2D eigenvalue weighted by Crippen LogP contribution is 2.19. The molecular weight excluding hydrogens is 306 g/mol. The molecule has 5 nitrogen and oxygen atoms in total. The van der Waals surface area contributed by atoms with Gasteiger partial charge in [-0.1, -0.05) is 6.07 Å². The molecule has 1 aliphatic rings. The number of pyridine rings is 1. The predicted molar refractivity (Wildman–Crippen MR) is 101 cm³/mol. The molecule has 23 heavy (non-hydrogen) atoms. The lowest BCUT2D eigenvalue weighted by Gasteiger charge is -2.23. The minimum Gasteiger partial charge on any atom is -0.357 e. The Morgan fingerprint density at radius 1 is 1.30 bits per heavy atom. The molecule has 0 unspecified atom stereocenters. The third-order valence-corrected chi connectivity index (χ3v) is 5.41. The Morgan fingerprint density at radius 3 is 2.61 bits per heavy atom. The molecule has 1 aromatic heterocycles. The highest BCUT2D eigenvalue weighted by Gasteiger charge is 2.16. The molecule has 0 aromatic carbocycles. The van der Waals surface area contributed by atoms with Crippen molar-refractivity contribution < 1.29 is 0 Å². The first kappa shape index (κ1) is 17.9. The van der Waals surface area contributed by atoms with E-state index in [1.807, 2.05) is 18.0 Å². The van der Waals surface area contributed by atoms with Crippen molar-refractivity contribution in [2.45, 2.75) is 38.0 Å². The van der Waals surface area contributed by atoms with Gasteiger partial charge in [-0.2, -0.15) is 11.8 Å². The van der Waals surface area contributed by atoms with Crippen molar-refractivity contribution in [1.29, 1.82) is 0 Å². The van der Waals surface area contributed by atoms with Gasteiger partial charge in [-0.05, 0) is 44.6 Å². The summed E-state index contributed by atoms with van der Waals surface area (Å²) in [5, 5.41) is 6.72. The van der Waals surface area contributed by atoms with Gasteiger partial charge in [0.25, 0.3) is 0 Å². The lowest BCUT2D eigenvalue weighted by molar-refractivity contribution is 0.664. The van der Waals surface area contributed by atoms with E-state index in [2.05, 4.69) is 57.7 Å². The van der Waals surface area contributed by atoms with E-state index in [-0.39, 0.29) is 4.75 Å². The first-order chi connectivity index (χ1) is 11.0. The smallest absolute Gasteiger partial charge is 0.191 e. The minimum atomic E-state index is 0.191. The zero-order valence-electron chi connectivity index (χ0n) is 14.7. The second-order valence-electron chi connectivity index (χ2n) is 6.46. The van der Waals surface area contributed by atoms with E-state index >= 15 is 0 Å². The molecule has 2 heterocycles.